The Bertz CT molecular complexity index is 504. The molecule has 0 radical (unpaired) electrons. The van der Waals surface area contributed by atoms with E-state index in [0.29, 0.717) is 12.0 Å². The third-order valence-corrected chi connectivity index (χ3v) is 4.23. The average molecular weight is 282 g/mol. The average Bonchev–Trinajstić information content (AvgIpc) is 2.95. The summed E-state index contributed by atoms with van der Waals surface area (Å²) >= 11 is 0. The first-order valence-electron chi connectivity index (χ1n) is 7.65. The maximum absolute atomic E-state index is 5.65. The van der Waals surface area contributed by atoms with E-state index in [1.807, 2.05) is 24.4 Å². The first kappa shape index (κ1) is 14.2. The standard InChI is InChI=1S/C18H22N2O/c1-14-16(10-12-21-14)13-20-18(15-7-3-2-4-8-15)17-9-5-6-11-19-17/h2-9,11,14,16,18,20H,10,12-13H2,1H3. The molecule has 0 amide bonds. The molecular formula is C18H22N2O. The Hall–Kier alpha value is -1.71. The predicted molar refractivity (Wildman–Crippen MR) is 84.0 cm³/mol. The van der Waals surface area contributed by atoms with Crippen LogP contribution in [-0.2, 0) is 4.74 Å². The van der Waals surface area contributed by atoms with Gasteiger partial charge in [-0.2, -0.15) is 0 Å². The van der Waals surface area contributed by atoms with Crippen molar-refractivity contribution in [2.24, 2.45) is 5.92 Å². The van der Waals surface area contributed by atoms with E-state index < -0.39 is 0 Å². The van der Waals surface area contributed by atoms with Crippen LogP contribution in [0.25, 0.3) is 0 Å². The minimum absolute atomic E-state index is 0.139. The lowest BCUT2D eigenvalue weighted by Gasteiger charge is -2.22. The number of hydrogen-bond donors (Lipinski definition) is 1. The van der Waals surface area contributed by atoms with E-state index in [-0.39, 0.29) is 6.04 Å². The van der Waals surface area contributed by atoms with Crippen molar-refractivity contribution in [3.63, 3.8) is 0 Å². The molecule has 1 saturated heterocycles. The molecule has 1 aliphatic heterocycles. The van der Waals surface area contributed by atoms with E-state index in [2.05, 4.69) is 47.6 Å². The number of pyridine rings is 1. The maximum Gasteiger partial charge on any atom is 0.0751 e. The fraction of sp³-hybridized carbons (Fsp3) is 0.389. The van der Waals surface area contributed by atoms with Crippen LogP contribution < -0.4 is 5.32 Å². The molecule has 3 atom stereocenters. The SMILES string of the molecule is CC1OCCC1CNC(c1ccccc1)c1ccccn1. The van der Waals surface area contributed by atoms with Gasteiger partial charge in [0.2, 0.25) is 0 Å². The van der Waals surface area contributed by atoms with Gasteiger partial charge in [-0.05, 0) is 37.0 Å². The summed E-state index contributed by atoms with van der Waals surface area (Å²) in [7, 11) is 0. The van der Waals surface area contributed by atoms with Crippen LogP contribution in [0.2, 0.25) is 0 Å². The van der Waals surface area contributed by atoms with E-state index in [0.717, 1.165) is 25.3 Å². The van der Waals surface area contributed by atoms with Gasteiger partial charge in [-0.1, -0.05) is 36.4 Å². The molecule has 2 aromatic rings. The van der Waals surface area contributed by atoms with E-state index in [9.17, 15) is 0 Å². The van der Waals surface area contributed by atoms with Gasteiger partial charge in [0.25, 0.3) is 0 Å². The monoisotopic (exact) mass is 282 g/mol. The van der Waals surface area contributed by atoms with Crippen molar-refractivity contribution in [1.82, 2.24) is 10.3 Å². The lowest BCUT2D eigenvalue weighted by atomic mass is 9.99. The van der Waals surface area contributed by atoms with Gasteiger partial charge in [0.1, 0.15) is 0 Å². The van der Waals surface area contributed by atoms with Crippen molar-refractivity contribution in [2.45, 2.75) is 25.5 Å². The predicted octanol–water partition coefficient (Wildman–Crippen LogP) is 3.19. The fourth-order valence-electron chi connectivity index (χ4n) is 2.90. The van der Waals surface area contributed by atoms with Crippen molar-refractivity contribution in [1.29, 1.82) is 0 Å². The lowest BCUT2D eigenvalue weighted by molar-refractivity contribution is 0.105. The van der Waals surface area contributed by atoms with Crippen molar-refractivity contribution in [3.8, 4) is 0 Å². The van der Waals surface area contributed by atoms with Crippen LogP contribution in [0.4, 0.5) is 0 Å². The molecule has 0 bridgehead atoms. The van der Waals surface area contributed by atoms with Crippen molar-refractivity contribution >= 4 is 0 Å². The maximum atomic E-state index is 5.65. The summed E-state index contributed by atoms with van der Waals surface area (Å²) in [6.07, 6.45) is 3.34. The van der Waals surface area contributed by atoms with Crippen LogP contribution in [0.1, 0.15) is 30.6 Å². The Morgan fingerprint density at radius 3 is 2.67 bits per heavy atom. The highest BCUT2D eigenvalue weighted by Crippen LogP contribution is 2.23. The van der Waals surface area contributed by atoms with Gasteiger partial charge < -0.3 is 10.1 Å². The van der Waals surface area contributed by atoms with Crippen LogP contribution in [0, 0.1) is 5.92 Å². The molecule has 1 aliphatic rings. The minimum atomic E-state index is 0.139. The minimum Gasteiger partial charge on any atom is -0.378 e. The molecule has 21 heavy (non-hydrogen) atoms. The molecule has 1 N–H and O–H groups in total. The molecule has 1 aromatic carbocycles. The van der Waals surface area contributed by atoms with Crippen LogP contribution in [0.5, 0.6) is 0 Å². The number of benzene rings is 1. The van der Waals surface area contributed by atoms with Gasteiger partial charge in [0, 0.05) is 19.3 Å². The molecule has 0 aliphatic carbocycles. The Morgan fingerprint density at radius 1 is 1.19 bits per heavy atom. The Balaban J connectivity index is 1.76. The second kappa shape index (κ2) is 6.83. The summed E-state index contributed by atoms with van der Waals surface area (Å²) in [6.45, 7) is 4.00. The van der Waals surface area contributed by atoms with Gasteiger partial charge >= 0.3 is 0 Å². The van der Waals surface area contributed by atoms with E-state index in [4.69, 9.17) is 4.74 Å². The summed E-state index contributed by atoms with van der Waals surface area (Å²) in [6, 6.07) is 16.7. The van der Waals surface area contributed by atoms with Crippen molar-refractivity contribution in [3.05, 3.63) is 66.0 Å². The molecule has 1 fully saturated rings. The molecule has 3 nitrogen and oxygen atoms in total. The topological polar surface area (TPSA) is 34.1 Å². The summed E-state index contributed by atoms with van der Waals surface area (Å²) in [5.74, 6) is 0.583. The normalized spacial score (nSPS) is 23.1. The molecule has 110 valence electrons. The summed E-state index contributed by atoms with van der Waals surface area (Å²) in [5, 5.41) is 3.68. The highest BCUT2D eigenvalue weighted by Gasteiger charge is 2.25. The van der Waals surface area contributed by atoms with Crippen LogP contribution in [-0.4, -0.2) is 24.2 Å². The zero-order chi connectivity index (χ0) is 14.5. The molecule has 3 rings (SSSR count). The first-order chi connectivity index (χ1) is 10.3. The van der Waals surface area contributed by atoms with Gasteiger partial charge in [-0.3, -0.25) is 4.98 Å². The number of nitrogens with one attached hydrogen (secondary N) is 1. The molecule has 3 unspecified atom stereocenters. The smallest absolute Gasteiger partial charge is 0.0751 e. The number of rotatable bonds is 5. The molecule has 3 heteroatoms. The summed E-state index contributed by atoms with van der Waals surface area (Å²) in [4.78, 5) is 4.53. The third-order valence-electron chi connectivity index (χ3n) is 4.23. The Morgan fingerprint density at radius 2 is 2.00 bits per heavy atom. The van der Waals surface area contributed by atoms with E-state index in [1.165, 1.54) is 5.56 Å². The fourth-order valence-corrected chi connectivity index (χ4v) is 2.90. The van der Waals surface area contributed by atoms with Crippen molar-refractivity contribution < 1.29 is 4.74 Å². The van der Waals surface area contributed by atoms with Crippen LogP contribution in [0.15, 0.2) is 54.7 Å². The zero-order valence-corrected chi connectivity index (χ0v) is 12.4. The molecule has 0 spiro atoms. The van der Waals surface area contributed by atoms with Gasteiger partial charge in [0.05, 0.1) is 17.8 Å². The molecule has 0 saturated carbocycles. The summed E-state index contributed by atoms with van der Waals surface area (Å²) in [5.41, 5.74) is 2.32. The van der Waals surface area contributed by atoms with Gasteiger partial charge in [0.15, 0.2) is 0 Å². The van der Waals surface area contributed by atoms with Gasteiger partial charge in [-0.15, -0.1) is 0 Å². The second-order valence-corrected chi connectivity index (χ2v) is 5.63. The molecule has 1 aromatic heterocycles. The van der Waals surface area contributed by atoms with E-state index >= 15 is 0 Å². The van der Waals surface area contributed by atoms with Crippen LogP contribution >= 0.6 is 0 Å². The Labute approximate surface area is 126 Å². The van der Waals surface area contributed by atoms with Crippen LogP contribution in [0.3, 0.4) is 0 Å². The lowest BCUT2D eigenvalue weighted by Crippen LogP contribution is -2.31. The molecule has 2 heterocycles. The number of ether oxygens (including phenoxy) is 1. The summed E-state index contributed by atoms with van der Waals surface area (Å²) < 4.78 is 5.65. The highest BCUT2D eigenvalue weighted by molar-refractivity contribution is 5.27. The number of nitrogens with zero attached hydrogens (tertiary/aromatic N) is 1. The highest BCUT2D eigenvalue weighted by atomic mass is 16.5. The number of hydrogen-bond acceptors (Lipinski definition) is 3. The molecular weight excluding hydrogens is 260 g/mol. The first-order valence-corrected chi connectivity index (χ1v) is 7.65. The van der Waals surface area contributed by atoms with E-state index in [1.54, 1.807) is 0 Å². The van der Waals surface area contributed by atoms with Crippen molar-refractivity contribution in [2.75, 3.05) is 13.2 Å². The third kappa shape index (κ3) is 3.49. The second-order valence-electron chi connectivity index (χ2n) is 5.63. The largest absolute Gasteiger partial charge is 0.378 e. The zero-order valence-electron chi connectivity index (χ0n) is 12.4. The number of aromatic nitrogens is 1. The quantitative estimate of drug-likeness (QED) is 0.914. The Kier molecular flexibility index (Phi) is 4.63. The van der Waals surface area contributed by atoms with Gasteiger partial charge in [-0.25, -0.2) is 0 Å².